The van der Waals surface area contributed by atoms with Gasteiger partial charge < -0.3 is 4.18 Å². The van der Waals surface area contributed by atoms with Gasteiger partial charge in [0.2, 0.25) is 0 Å². The van der Waals surface area contributed by atoms with E-state index in [9.17, 15) is 21.6 Å². The summed E-state index contributed by atoms with van der Waals surface area (Å²) in [6, 6.07) is 12.1. The molecular weight excluding hydrogens is 381 g/mol. The molecule has 0 aliphatic rings. The highest BCUT2D eigenvalue weighted by molar-refractivity contribution is 7.87. The van der Waals surface area contributed by atoms with E-state index in [0.29, 0.717) is 0 Å². The van der Waals surface area contributed by atoms with Crippen LogP contribution in [0.25, 0.3) is 22.0 Å². The van der Waals surface area contributed by atoms with Crippen LogP contribution >= 0.6 is 0 Å². The van der Waals surface area contributed by atoms with E-state index in [0.717, 1.165) is 22.0 Å². The van der Waals surface area contributed by atoms with Crippen LogP contribution in [-0.2, 0) is 17.2 Å². The first kappa shape index (κ1) is 19.2. The third-order valence-corrected chi connectivity index (χ3v) is 5.25. The van der Waals surface area contributed by atoms with Gasteiger partial charge in [-0.2, -0.15) is 26.7 Å². The van der Waals surface area contributed by atoms with E-state index in [1.165, 1.54) is 6.07 Å². The van der Waals surface area contributed by atoms with Gasteiger partial charge in [0.25, 0.3) is 0 Å². The third kappa shape index (κ3) is 4.79. The van der Waals surface area contributed by atoms with Crippen LogP contribution in [0.5, 0.6) is 5.75 Å². The maximum atomic E-state index is 12.2. The van der Waals surface area contributed by atoms with Crippen molar-refractivity contribution in [1.82, 2.24) is 9.78 Å². The van der Waals surface area contributed by atoms with E-state index in [-0.39, 0.29) is 5.75 Å². The highest BCUT2D eigenvalue weighted by atomic mass is 32.2. The lowest BCUT2D eigenvalue weighted by Crippen LogP contribution is -2.16. The zero-order valence-corrected chi connectivity index (χ0v) is 15.2. The zero-order chi connectivity index (χ0) is 19.7. The number of aromatic nitrogens is 2. The quantitative estimate of drug-likeness (QED) is 0.581. The number of fused-ring (bicyclic) bond motifs is 1. The predicted molar refractivity (Wildman–Crippen MR) is 95.9 cm³/mol. The number of hydrogen-bond acceptors (Lipinski definition) is 4. The average molecular weight is 398 g/mol. The lowest BCUT2D eigenvalue weighted by molar-refractivity contribution is -0.134. The Bertz CT molecular complexity index is 1060. The minimum atomic E-state index is -4.39. The lowest BCUT2D eigenvalue weighted by Gasteiger charge is -2.10. The predicted octanol–water partition coefficient (Wildman–Crippen LogP) is 4.29. The standard InChI is InChI=1S/C18H17F3N2O3S/c1-23-17-8-3-7-15(16(17)12-22-23)13-5-2-6-14(11-13)26-27(24,25)10-4-9-18(19,20)21/h2-3,5-8,11-12H,4,9-10H2,1H3. The van der Waals surface area contributed by atoms with Crippen molar-refractivity contribution >= 4 is 21.0 Å². The van der Waals surface area contributed by atoms with Crippen LogP contribution in [0.4, 0.5) is 13.2 Å². The molecule has 1 aromatic heterocycles. The van der Waals surface area contributed by atoms with Crippen molar-refractivity contribution in [3.63, 3.8) is 0 Å². The number of benzene rings is 2. The largest absolute Gasteiger partial charge is 0.389 e. The Balaban J connectivity index is 1.81. The minimum Gasteiger partial charge on any atom is -0.382 e. The van der Waals surface area contributed by atoms with Crippen molar-refractivity contribution in [2.75, 3.05) is 5.75 Å². The summed E-state index contributed by atoms with van der Waals surface area (Å²) >= 11 is 0. The molecule has 0 atom stereocenters. The molecule has 0 saturated carbocycles. The number of rotatable bonds is 6. The molecule has 3 aromatic rings. The number of alkyl halides is 3. The first-order valence-electron chi connectivity index (χ1n) is 8.15. The monoisotopic (exact) mass is 398 g/mol. The molecule has 0 amide bonds. The van der Waals surface area contributed by atoms with Gasteiger partial charge in [-0.3, -0.25) is 4.68 Å². The molecule has 0 aliphatic heterocycles. The first-order chi connectivity index (χ1) is 12.6. The van der Waals surface area contributed by atoms with Crippen LogP contribution in [0.2, 0.25) is 0 Å². The van der Waals surface area contributed by atoms with E-state index in [2.05, 4.69) is 5.10 Å². The molecule has 0 unspecified atom stereocenters. The molecule has 0 bridgehead atoms. The van der Waals surface area contributed by atoms with E-state index in [1.54, 1.807) is 29.1 Å². The second kappa shape index (κ2) is 7.22. The topological polar surface area (TPSA) is 61.2 Å². The Morgan fingerprint density at radius 1 is 1.15 bits per heavy atom. The molecule has 0 fully saturated rings. The Kier molecular flexibility index (Phi) is 5.14. The highest BCUT2D eigenvalue weighted by Gasteiger charge is 2.27. The van der Waals surface area contributed by atoms with Gasteiger partial charge in [0.05, 0.1) is 17.5 Å². The van der Waals surface area contributed by atoms with E-state index < -0.39 is 34.9 Å². The van der Waals surface area contributed by atoms with Crippen molar-refractivity contribution in [2.24, 2.45) is 7.05 Å². The van der Waals surface area contributed by atoms with Gasteiger partial charge in [-0.05, 0) is 35.7 Å². The van der Waals surface area contributed by atoms with Crippen LogP contribution in [-0.4, -0.2) is 30.1 Å². The number of halogens is 3. The van der Waals surface area contributed by atoms with Crippen molar-refractivity contribution in [2.45, 2.75) is 19.0 Å². The van der Waals surface area contributed by atoms with Crippen molar-refractivity contribution in [3.8, 4) is 16.9 Å². The van der Waals surface area contributed by atoms with Crippen LogP contribution in [0, 0.1) is 0 Å². The van der Waals surface area contributed by atoms with Crippen molar-refractivity contribution < 1.29 is 25.8 Å². The Labute approximate surface area is 154 Å². The lowest BCUT2D eigenvalue weighted by atomic mass is 10.0. The minimum absolute atomic E-state index is 0.0559. The maximum absolute atomic E-state index is 12.2. The smallest absolute Gasteiger partial charge is 0.382 e. The van der Waals surface area contributed by atoms with Gasteiger partial charge in [0.15, 0.2) is 0 Å². The number of aryl methyl sites for hydroxylation is 1. The summed E-state index contributed by atoms with van der Waals surface area (Å²) < 4.78 is 67.2. The summed E-state index contributed by atoms with van der Waals surface area (Å²) in [5.74, 6) is -0.644. The van der Waals surface area contributed by atoms with E-state index in [4.69, 9.17) is 4.18 Å². The second-order valence-electron chi connectivity index (χ2n) is 6.10. The molecule has 0 spiro atoms. The SMILES string of the molecule is Cn1ncc2c(-c3cccc(OS(=O)(=O)CCCC(F)(F)F)c3)cccc21. The number of nitrogens with zero attached hydrogens (tertiary/aromatic N) is 2. The van der Waals surface area contributed by atoms with Crippen molar-refractivity contribution in [1.29, 1.82) is 0 Å². The zero-order valence-electron chi connectivity index (χ0n) is 14.4. The summed E-state index contributed by atoms with van der Waals surface area (Å²) in [4.78, 5) is 0. The van der Waals surface area contributed by atoms with Gasteiger partial charge >= 0.3 is 16.3 Å². The highest BCUT2D eigenvalue weighted by Crippen LogP contribution is 2.31. The summed E-state index contributed by atoms with van der Waals surface area (Å²) in [5, 5.41) is 5.11. The molecular formula is C18H17F3N2O3S. The summed E-state index contributed by atoms with van der Waals surface area (Å²) in [5.41, 5.74) is 2.48. The molecule has 9 heteroatoms. The molecule has 0 N–H and O–H groups in total. The fourth-order valence-corrected chi connectivity index (χ4v) is 3.76. The molecule has 144 valence electrons. The van der Waals surface area contributed by atoms with Gasteiger partial charge in [-0.1, -0.05) is 24.3 Å². The van der Waals surface area contributed by atoms with Gasteiger partial charge in [0.1, 0.15) is 5.75 Å². The third-order valence-electron chi connectivity index (χ3n) is 4.01. The first-order valence-corrected chi connectivity index (χ1v) is 9.72. The average Bonchev–Trinajstić information content (AvgIpc) is 2.95. The van der Waals surface area contributed by atoms with Crippen molar-refractivity contribution in [3.05, 3.63) is 48.7 Å². The number of hydrogen-bond donors (Lipinski definition) is 0. The molecule has 0 radical (unpaired) electrons. The Morgan fingerprint density at radius 3 is 2.63 bits per heavy atom. The second-order valence-corrected chi connectivity index (χ2v) is 7.79. The molecule has 2 aromatic carbocycles. The summed E-state index contributed by atoms with van der Waals surface area (Å²) in [6.45, 7) is 0. The maximum Gasteiger partial charge on any atom is 0.389 e. The van der Waals surface area contributed by atoms with Crippen LogP contribution < -0.4 is 4.18 Å². The van der Waals surface area contributed by atoms with Crippen LogP contribution in [0.3, 0.4) is 0 Å². The van der Waals surface area contributed by atoms with Gasteiger partial charge in [-0.25, -0.2) is 0 Å². The normalized spacial score (nSPS) is 12.4. The van der Waals surface area contributed by atoms with Crippen LogP contribution in [0.15, 0.2) is 48.7 Å². The molecule has 0 aliphatic carbocycles. The Morgan fingerprint density at radius 2 is 1.89 bits per heavy atom. The summed E-state index contributed by atoms with van der Waals surface area (Å²) in [7, 11) is -2.29. The molecule has 27 heavy (non-hydrogen) atoms. The molecule has 3 rings (SSSR count). The summed E-state index contributed by atoms with van der Waals surface area (Å²) in [6.07, 6.45) is -4.39. The van der Waals surface area contributed by atoms with Crippen LogP contribution in [0.1, 0.15) is 12.8 Å². The van der Waals surface area contributed by atoms with E-state index >= 15 is 0 Å². The molecule has 1 heterocycles. The fourth-order valence-electron chi connectivity index (χ4n) is 2.78. The van der Waals surface area contributed by atoms with E-state index in [1.807, 2.05) is 25.2 Å². The Hall–Kier alpha value is -2.55. The fraction of sp³-hybridized carbons (Fsp3) is 0.278. The van der Waals surface area contributed by atoms with Gasteiger partial charge in [-0.15, -0.1) is 0 Å². The van der Waals surface area contributed by atoms with Gasteiger partial charge in [0, 0.05) is 18.9 Å². The molecule has 5 nitrogen and oxygen atoms in total. The molecule has 0 saturated heterocycles.